The van der Waals surface area contributed by atoms with Gasteiger partial charge in [-0.05, 0) is 6.42 Å². The molecule has 1 N–H and O–H groups in total. The van der Waals surface area contributed by atoms with E-state index in [9.17, 15) is 4.79 Å². The molecule has 0 saturated carbocycles. The predicted molar refractivity (Wildman–Crippen MR) is 58.6 cm³/mol. The molecule has 0 amide bonds. The number of amidine groups is 1. The van der Waals surface area contributed by atoms with Gasteiger partial charge in [-0.25, -0.2) is 0 Å². The lowest BCUT2D eigenvalue weighted by Gasteiger charge is -2.04. The third kappa shape index (κ3) is 3.57. The number of hydrogen-bond donors (Lipinski definition) is 1. The molecule has 1 rings (SSSR count). The van der Waals surface area contributed by atoms with E-state index in [0.717, 1.165) is 17.3 Å². The summed E-state index contributed by atoms with van der Waals surface area (Å²) in [6, 6.07) is 0.539. The van der Waals surface area contributed by atoms with Crippen LogP contribution in [0, 0.1) is 0 Å². The minimum atomic E-state index is -0.204. The Morgan fingerprint density at radius 1 is 1.79 bits per heavy atom. The van der Waals surface area contributed by atoms with Gasteiger partial charge in [-0.3, -0.25) is 9.79 Å². The highest BCUT2D eigenvalue weighted by Gasteiger charge is 2.17. The average Bonchev–Trinajstić information content (AvgIpc) is 2.65. The minimum absolute atomic E-state index is 0.204. The second-order valence-corrected chi connectivity index (χ2v) is 4.08. The molecular weight excluding hydrogens is 200 g/mol. The number of nitrogens with one attached hydrogen (secondary N) is 1. The van der Waals surface area contributed by atoms with Crippen molar-refractivity contribution in [1.29, 1.82) is 0 Å². The Labute approximate surface area is 88.5 Å². The number of aliphatic imine (C=N–C) groups is 1. The molecule has 14 heavy (non-hydrogen) atoms. The zero-order chi connectivity index (χ0) is 10.4. The number of thioether (sulfide) groups is 1. The van der Waals surface area contributed by atoms with E-state index in [1.807, 2.05) is 0 Å². The van der Waals surface area contributed by atoms with E-state index in [1.54, 1.807) is 11.8 Å². The van der Waals surface area contributed by atoms with E-state index >= 15 is 0 Å². The van der Waals surface area contributed by atoms with E-state index < -0.39 is 0 Å². The monoisotopic (exact) mass is 216 g/mol. The zero-order valence-electron chi connectivity index (χ0n) is 8.58. The summed E-state index contributed by atoms with van der Waals surface area (Å²) < 4.78 is 4.52. The molecule has 1 atom stereocenters. The van der Waals surface area contributed by atoms with Crippen molar-refractivity contribution >= 4 is 22.9 Å². The fourth-order valence-corrected chi connectivity index (χ4v) is 2.21. The van der Waals surface area contributed by atoms with Crippen molar-refractivity contribution in [3.05, 3.63) is 0 Å². The van der Waals surface area contributed by atoms with Gasteiger partial charge in [0.05, 0.1) is 20.1 Å². The van der Waals surface area contributed by atoms with E-state index in [0.29, 0.717) is 19.0 Å². The van der Waals surface area contributed by atoms with Gasteiger partial charge < -0.3 is 10.1 Å². The first-order chi connectivity index (χ1) is 6.76. The van der Waals surface area contributed by atoms with Crippen molar-refractivity contribution < 1.29 is 9.53 Å². The maximum absolute atomic E-state index is 10.8. The summed E-state index contributed by atoms with van der Waals surface area (Å²) in [7, 11) is 1.39. The summed E-state index contributed by atoms with van der Waals surface area (Å²) in [5.74, 6) is 0.873. The Kier molecular flexibility index (Phi) is 4.79. The fraction of sp³-hybridized carbons (Fsp3) is 0.778. The molecule has 1 heterocycles. The van der Waals surface area contributed by atoms with Crippen molar-refractivity contribution in [2.24, 2.45) is 4.99 Å². The third-order valence-electron chi connectivity index (χ3n) is 2.04. The van der Waals surface area contributed by atoms with Crippen LogP contribution < -0.4 is 5.32 Å². The van der Waals surface area contributed by atoms with Crippen LogP contribution in [-0.2, 0) is 9.53 Å². The Morgan fingerprint density at radius 3 is 3.14 bits per heavy atom. The summed E-state index contributed by atoms with van der Waals surface area (Å²) in [6.07, 6.45) is 1.47. The predicted octanol–water partition coefficient (Wildman–Crippen LogP) is 1.02. The molecular formula is C9H16N2O2S. The van der Waals surface area contributed by atoms with Gasteiger partial charge in [0.25, 0.3) is 0 Å². The third-order valence-corrected chi connectivity index (χ3v) is 3.13. The van der Waals surface area contributed by atoms with Gasteiger partial charge in [-0.15, -0.1) is 0 Å². The number of nitrogens with zero attached hydrogens (tertiary/aromatic N) is 1. The highest BCUT2D eigenvalue weighted by atomic mass is 32.2. The second-order valence-electron chi connectivity index (χ2n) is 3.07. The van der Waals surface area contributed by atoms with Gasteiger partial charge in [0.2, 0.25) is 0 Å². The number of carbonyl (C=O) groups excluding carboxylic acids is 1. The quantitative estimate of drug-likeness (QED) is 0.713. The van der Waals surface area contributed by atoms with Crippen LogP contribution in [0.15, 0.2) is 4.99 Å². The van der Waals surface area contributed by atoms with Crippen LogP contribution in [-0.4, -0.2) is 36.6 Å². The minimum Gasteiger partial charge on any atom is -0.469 e. The van der Waals surface area contributed by atoms with Gasteiger partial charge in [0.15, 0.2) is 5.17 Å². The maximum atomic E-state index is 10.8. The number of ether oxygens (including phenoxy) is 1. The maximum Gasteiger partial charge on any atom is 0.307 e. The molecule has 1 aliphatic rings. The average molecular weight is 216 g/mol. The zero-order valence-corrected chi connectivity index (χ0v) is 9.39. The summed E-state index contributed by atoms with van der Waals surface area (Å²) in [6.45, 7) is 2.66. The standard InChI is InChI=1S/C9H16N2O2S/c1-3-7-6-14-9(11-7)10-5-4-8(12)13-2/h7H,3-6H2,1-2H3,(H,10,11). The van der Waals surface area contributed by atoms with E-state index in [-0.39, 0.29) is 5.97 Å². The fourth-order valence-electron chi connectivity index (χ4n) is 1.10. The Hall–Kier alpha value is -0.710. The molecule has 0 aromatic heterocycles. The molecule has 1 aliphatic heterocycles. The number of carbonyl (C=O) groups is 1. The summed E-state index contributed by atoms with van der Waals surface area (Å²) in [5.41, 5.74) is 0. The molecule has 0 aromatic carbocycles. The molecule has 0 radical (unpaired) electrons. The first-order valence-corrected chi connectivity index (χ1v) is 5.75. The van der Waals surface area contributed by atoms with Crippen molar-refractivity contribution in [3.8, 4) is 0 Å². The first kappa shape index (κ1) is 11.4. The largest absolute Gasteiger partial charge is 0.469 e. The summed E-state index contributed by atoms with van der Waals surface area (Å²) >= 11 is 1.72. The van der Waals surface area contributed by atoms with Crippen molar-refractivity contribution in [1.82, 2.24) is 5.32 Å². The number of esters is 1. The molecule has 80 valence electrons. The van der Waals surface area contributed by atoms with Crippen LogP contribution in [0.5, 0.6) is 0 Å². The van der Waals surface area contributed by atoms with Crippen LogP contribution in [0.3, 0.4) is 0 Å². The van der Waals surface area contributed by atoms with E-state index in [4.69, 9.17) is 0 Å². The van der Waals surface area contributed by atoms with Crippen LogP contribution in [0.25, 0.3) is 0 Å². The van der Waals surface area contributed by atoms with Gasteiger partial charge >= 0.3 is 5.97 Å². The highest BCUT2D eigenvalue weighted by Crippen LogP contribution is 2.15. The summed E-state index contributed by atoms with van der Waals surface area (Å²) in [4.78, 5) is 15.1. The van der Waals surface area contributed by atoms with Crippen LogP contribution >= 0.6 is 11.8 Å². The highest BCUT2D eigenvalue weighted by molar-refractivity contribution is 8.14. The lowest BCUT2D eigenvalue weighted by molar-refractivity contribution is -0.140. The van der Waals surface area contributed by atoms with Crippen molar-refractivity contribution in [2.45, 2.75) is 25.8 Å². The summed E-state index contributed by atoms with van der Waals surface area (Å²) in [5, 5.41) is 4.25. The topological polar surface area (TPSA) is 50.7 Å². The SMILES string of the molecule is CCC1CSC(=NCCC(=O)OC)N1. The number of rotatable bonds is 4. The van der Waals surface area contributed by atoms with Gasteiger partial charge in [0.1, 0.15) is 0 Å². The molecule has 1 fully saturated rings. The van der Waals surface area contributed by atoms with Gasteiger partial charge in [-0.2, -0.15) is 0 Å². The molecule has 0 spiro atoms. The molecule has 0 bridgehead atoms. The Morgan fingerprint density at radius 2 is 2.57 bits per heavy atom. The lowest BCUT2D eigenvalue weighted by Crippen LogP contribution is -2.26. The smallest absolute Gasteiger partial charge is 0.307 e. The molecule has 0 aromatic rings. The van der Waals surface area contributed by atoms with Crippen LogP contribution in [0.4, 0.5) is 0 Å². The molecule has 1 unspecified atom stereocenters. The van der Waals surface area contributed by atoms with Gasteiger partial charge in [-0.1, -0.05) is 18.7 Å². The number of hydrogen-bond acceptors (Lipinski definition) is 4. The van der Waals surface area contributed by atoms with E-state index in [1.165, 1.54) is 7.11 Å². The van der Waals surface area contributed by atoms with E-state index in [2.05, 4.69) is 22.0 Å². The second kappa shape index (κ2) is 5.90. The van der Waals surface area contributed by atoms with Crippen molar-refractivity contribution in [3.63, 3.8) is 0 Å². The molecule has 1 saturated heterocycles. The molecule has 4 nitrogen and oxygen atoms in total. The Bertz CT molecular complexity index is 231. The van der Waals surface area contributed by atoms with Crippen molar-refractivity contribution in [2.75, 3.05) is 19.4 Å². The van der Waals surface area contributed by atoms with Gasteiger partial charge in [0, 0.05) is 11.8 Å². The molecule has 0 aliphatic carbocycles. The molecule has 5 heteroatoms. The van der Waals surface area contributed by atoms with Crippen LogP contribution in [0.1, 0.15) is 19.8 Å². The lowest BCUT2D eigenvalue weighted by atomic mass is 10.3. The Balaban J connectivity index is 2.22. The first-order valence-electron chi connectivity index (χ1n) is 4.76. The van der Waals surface area contributed by atoms with Crippen LogP contribution in [0.2, 0.25) is 0 Å². The number of methoxy groups -OCH3 is 1. The normalized spacial score (nSPS) is 23.6.